The predicted octanol–water partition coefficient (Wildman–Crippen LogP) is 3.96. The minimum Gasteiger partial charge on any atom is -0.465 e. The smallest absolute Gasteiger partial charge is 0.127 e. The van der Waals surface area contributed by atoms with E-state index >= 15 is 0 Å². The molecule has 1 radical (unpaired) electrons. The van der Waals surface area contributed by atoms with Crippen molar-refractivity contribution in [3.05, 3.63) is 61.7 Å². The minimum absolute atomic E-state index is 0.744. The van der Waals surface area contributed by atoms with Gasteiger partial charge in [0.15, 0.2) is 0 Å². The fourth-order valence-electron chi connectivity index (χ4n) is 1.44. The molecule has 0 N–H and O–H groups in total. The van der Waals surface area contributed by atoms with Crippen LogP contribution < -0.4 is 4.74 Å². The molecule has 0 aromatic heterocycles. The third kappa shape index (κ3) is 2.38. The van der Waals surface area contributed by atoms with E-state index in [1.165, 1.54) is 10.8 Å². The quantitative estimate of drug-likeness (QED) is 0.677. The van der Waals surface area contributed by atoms with Crippen molar-refractivity contribution in [2.75, 3.05) is 0 Å². The fourth-order valence-corrected chi connectivity index (χ4v) is 1.44. The highest BCUT2D eigenvalue weighted by Gasteiger charge is 1.94. The van der Waals surface area contributed by atoms with Gasteiger partial charge in [-0.2, -0.15) is 0 Å². The Kier molecular flexibility index (Phi) is 3.03. The highest BCUT2D eigenvalue weighted by Crippen LogP contribution is 2.20. The molecule has 0 amide bonds. The van der Waals surface area contributed by atoms with Crippen LogP contribution in [-0.2, 0) is 0 Å². The zero-order valence-corrected chi connectivity index (χ0v) is 8.52. The first kappa shape index (κ1) is 9.78. The Hall–Kier alpha value is -1.76. The zero-order valence-electron chi connectivity index (χ0n) is 8.52. The van der Waals surface area contributed by atoms with Crippen molar-refractivity contribution in [1.82, 2.24) is 0 Å². The van der Waals surface area contributed by atoms with Gasteiger partial charge < -0.3 is 4.74 Å². The molecular formula is C14H13O. The predicted molar refractivity (Wildman–Crippen MR) is 63.7 cm³/mol. The minimum atomic E-state index is 0.744. The highest BCUT2D eigenvalue weighted by molar-refractivity contribution is 5.83. The van der Waals surface area contributed by atoms with Gasteiger partial charge in [-0.1, -0.05) is 30.3 Å². The van der Waals surface area contributed by atoms with E-state index in [9.17, 15) is 0 Å². The summed E-state index contributed by atoms with van der Waals surface area (Å²) in [6.45, 7) is 3.70. The molecule has 0 aliphatic heterocycles. The molecule has 2 aromatic carbocycles. The zero-order chi connectivity index (χ0) is 10.5. The van der Waals surface area contributed by atoms with Crippen LogP contribution in [0.1, 0.15) is 6.42 Å². The van der Waals surface area contributed by atoms with Gasteiger partial charge in [0.25, 0.3) is 0 Å². The number of allylic oxidation sites excluding steroid dienone is 1. The fraction of sp³-hybridized carbons (Fsp3) is 0.0714. The second-order valence-corrected chi connectivity index (χ2v) is 3.29. The van der Waals surface area contributed by atoms with Gasteiger partial charge >= 0.3 is 0 Å². The van der Waals surface area contributed by atoms with E-state index in [4.69, 9.17) is 4.74 Å². The topological polar surface area (TPSA) is 9.23 Å². The van der Waals surface area contributed by atoms with Gasteiger partial charge in [-0.25, -0.2) is 0 Å². The molecule has 0 spiro atoms. The first-order valence-electron chi connectivity index (χ1n) is 5.00. The van der Waals surface area contributed by atoms with Crippen molar-refractivity contribution < 1.29 is 4.74 Å². The van der Waals surface area contributed by atoms with Crippen LogP contribution in [0.3, 0.4) is 0 Å². The standard InChI is InChI=1S/C14H13O/c1-2-3-10-15-14-9-8-12-6-4-5-7-13(12)11-14/h3-11H,1-2H2. The van der Waals surface area contributed by atoms with Gasteiger partial charge in [0.05, 0.1) is 6.26 Å². The van der Waals surface area contributed by atoms with Gasteiger partial charge in [-0.05, 0) is 42.3 Å². The summed E-state index contributed by atoms with van der Waals surface area (Å²) in [6, 6.07) is 14.3. The van der Waals surface area contributed by atoms with Crippen LogP contribution in [0.15, 0.2) is 54.8 Å². The Labute approximate surface area is 90.0 Å². The van der Waals surface area contributed by atoms with Crippen LogP contribution in [0.5, 0.6) is 5.75 Å². The molecule has 75 valence electrons. The van der Waals surface area contributed by atoms with Crippen molar-refractivity contribution >= 4 is 10.8 Å². The summed E-state index contributed by atoms with van der Waals surface area (Å²) in [5, 5.41) is 2.42. The van der Waals surface area contributed by atoms with Crippen LogP contribution in [0.25, 0.3) is 10.8 Å². The van der Waals surface area contributed by atoms with E-state index in [-0.39, 0.29) is 0 Å². The maximum atomic E-state index is 5.43. The van der Waals surface area contributed by atoms with E-state index in [0.29, 0.717) is 0 Å². The van der Waals surface area contributed by atoms with Crippen LogP contribution in [-0.4, -0.2) is 0 Å². The Bertz CT molecular complexity index is 471. The summed E-state index contributed by atoms with van der Waals surface area (Å²) in [6.07, 6.45) is 4.31. The maximum absolute atomic E-state index is 5.43. The van der Waals surface area contributed by atoms with Crippen LogP contribution in [0.2, 0.25) is 0 Å². The van der Waals surface area contributed by atoms with E-state index in [1.54, 1.807) is 6.26 Å². The number of hydrogen-bond donors (Lipinski definition) is 0. The normalized spacial score (nSPS) is 11.0. The molecule has 0 bridgehead atoms. The van der Waals surface area contributed by atoms with E-state index in [2.05, 4.69) is 25.1 Å². The summed E-state index contributed by atoms with van der Waals surface area (Å²) < 4.78 is 5.43. The molecule has 1 nitrogen and oxygen atoms in total. The molecule has 2 rings (SSSR count). The van der Waals surface area contributed by atoms with Crippen molar-refractivity contribution in [3.8, 4) is 5.75 Å². The molecule has 15 heavy (non-hydrogen) atoms. The first-order chi connectivity index (χ1) is 7.40. The van der Waals surface area contributed by atoms with E-state index in [1.807, 2.05) is 30.3 Å². The second-order valence-electron chi connectivity index (χ2n) is 3.29. The molecule has 0 saturated heterocycles. The molecule has 0 aliphatic carbocycles. The molecular weight excluding hydrogens is 184 g/mol. The lowest BCUT2D eigenvalue weighted by molar-refractivity contribution is 0.480. The number of fused-ring (bicyclic) bond motifs is 1. The molecule has 0 aliphatic rings. The number of ether oxygens (including phenoxy) is 1. The molecule has 0 saturated carbocycles. The largest absolute Gasteiger partial charge is 0.465 e. The Morgan fingerprint density at radius 2 is 1.87 bits per heavy atom. The third-order valence-corrected chi connectivity index (χ3v) is 2.19. The highest BCUT2D eigenvalue weighted by atomic mass is 16.5. The first-order valence-corrected chi connectivity index (χ1v) is 5.00. The summed E-state index contributed by atoms with van der Waals surface area (Å²) in [5.41, 5.74) is 0. The number of rotatable bonds is 3. The van der Waals surface area contributed by atoms with Gasteiger partial charge in [0.1, 0.15) is 5.75 Å². The van der Waals surface area contributed by atoms with E-state index < -0.39 is 0 Å². The molecule has 0 unspecified atom stereocenters. The molecule has 1 heteroatoms. The van der Waals surface area contributed by atoms with Gasteiger partial charge in [-0.3, -0.25) is 0 Å². The average Bonchev–Trinajstić information content (AvgIpc) is 2.29. The molecule has 0 atom stereocenters. The van der Waals surface area contributed by atoms with Crippen LogP contribution in [0.4, 0.5) is 0 Å². The lowest BCUT2D eigenvalue weighted by atomic mass is 10.1. The number of benzene rings is 2. The Morgan fingerprint density at radius 1 is 1.07 bits per heavy atom. The summed E-state index contributed by atoms with van der Waals surface area (Å²) in [4.78, 5) is 0. The monoisotopic (exact) mass is 197 g/mol. The lowest BCUT2D eigenvalue weighted by Crippen LogP contribution is -1.81. The molecule has 0 heterocycles. The van der Waals surface area contributed by atoms with Crippen molar-refractivity contribution in [2.45, 2.75) is 6.42 Å². The van der Waals surface area contributed by atoms with Gasteiger partial charge in [0, 0.05) is 0 Å². The summed E-state index contributed by atoms with van der Waals surface area (Å²) in [7, 11) is 0. The second kappa shape index (κ2) is 4.65. The van der Waals surface area contributed by atoms with Crippen molar-refractivity contribution in [2.24, 2.45) is 0 Å². The average molecular weight is 197 g/mol. The Balaban J connectivity index is 2.26. The van der Waals surface area contributed by atoms with Crippen molar-refractivity contribution in [3.63, 3.8) is 0 Å². The summed E-state index contributed by atoms with van der Waals surface area (Å²) in [5.74, 6) is 0.860. The third-order valence-electron chi connectivity index (χ3n) is 2.19. The van der Waals surface area contributed by atoms with Crippen molar-refractivity contribution in [1.29, 1.82) is 0 Å². The van der Waals surface area contributed by atoms with Gasteiger partial charge in [-0.15, -0.1) is 0 Å². The van der Waals surface area contributed by atoms with E-state index in [0.717, 1.165) is 12.2 Å². The summed E-state index contributed by atoms with van der Waals surface area (Å²) >= 11 is 0. The molecule has 0 fully saturated rings. The lowest BCUT2D eigenvalue weighted by Gasteiger charge is -2.02. The van der Waals surface area contributed by atoms with Crippen LogP contribution >= 0.6 is 0 Å². The van der Waals surface area contributed by atoms with Crippen LogP contribution in [0, 0.1) is 6.92 Å². The SMILES string of the molecule is [CH2]CC=COc1ccc2ccccc2c1. The number of hydrogen-bond acceptors (Lipinski definition) is 1. The maximum Gasteiger partial charge on any atom is 0.127 e. The Morgan fingerprint density at radius 3 is 2.67 bits per heavy atom. The van der Waals surface area contributed by atoms with Gasteiger partial charge in [0.2, 0.25) is 0 Å². The molecule has 2 aromatic rings.